The fourth-order valence-corrected chi connectivity index (χ4v) is 3.87. The summed E-state index contributed by atoms with van der Waals surface area (Å²) in [5.74, 6) is 0.865. The highest BCUT2D eigenvalue weighted by Gasteiger charge is 2.28. The predicted octanol–water partition coefficient (Wildman–Crippen LogP) is 3.03. The molecule has 1 aliphatic heterocycles. The van der Waals surface area contributed by atoms with E-state index in [2.05, 4.69) is 15.9 Å². The van der Waals surface area contributed by atoms with E-state index in [4.69, 9.17) is 14.2 Å². The molecule has 2 aromatic rings. The topological polar surface area (TPSA) is 85.4 Å². The average Bonchev–Trinajstić information content (AvgIpc) is 3.25. The Bertz CT molecular complexity index is 1010. The zero-order valence-electron chi connectivity index (χ0n) is 18.2. The first-order valence-corrected chi connectivity index (χ1v) is 10.8. The minimum absolute atomic E-state index is 0.103. The maximum atomic E-state index is 12.7. The molecular formula is C23H25BrN2O6. The van der Waals surface area contributed by atoms with Crippen molar-refractivity contribution in [3.63, 3.8) is 0 Å². The van der Waals surface area contributed by atoms with E-state index in [0.29, 0.717) is 52.9 Å². The van der Waals surface area contributed by atoms with Gasteiger partial charge in [-0.3, -0.25) is 14.4 Å². The van der Waals surface area contributed by atoms with Gasteiger partial charge in [-0.1, -0.05) is 22.0 Å². The van der Waals surface area contributed by atoms with Crippen LogP contribution in [-0.2, 0) is 4.79 Å². The summed E-state index contributed by atoms with van der Waals surface area (Å²) in [5, 5.41) is 0. The van der Waals surface area contributed by atoms with Crippen molar-refractivity contribution in [1.82, 2.24) is 9.80 Å². The van der Waals surface area contributed by atoms with E-state index in [1.807, 2.05) is 0 Å². The summed E-state index contributed by atoms with van der Waals surface area (Å²) in [6, 6.07) is 10.3. The van der Waals surface area contributed by atoms with Gasteiger partial charge in [-0.2, -0.15) is 0 Å². The minimum atomic E-state index is -0.224. The molecule has 1 fully saturated rings. The number of hydrogen-bond donors (Lipinski definition) is 0. The molecule has 0 saturated carbocycles. The van der Waals surface area contributed by atoms with Crippen LogP contribution in [0.4, 0.5) is 0 Å². The number of amides is 2. The van der Waals surface area contributed by atoms with Crippen LogP contribution in [0.3, 0.4) is 0 Å². The van der Waals surface area contributed by atoms with Gasteiger partial charge >= 0.3 is 0 Å². The highest BCUT2D eigenvalue weighted by molar-refractivity contribution is 9.10. The molecule has 2 amide bonds. The monoisotopic (exact) mass is 504 g/mol. The largest absolute Gasteiger partial charge is 0.493 e. The smallest absolute Gasteiger partial charge is 0.260 e. The predicted molar refractivity (Wildman–Crippen MR) is 122 cm³/mol. The molecule has 1 saturated heterocycles. The number of benzene rings is 2. The van der Waals surface area contributed by atoms with E-state index in [1.165, 1.54) is 12.0 Å². The molecule has 0 aromatic heterocycles. The number of methoxy groups -OCH3 is 1. The van der Waals surface area contributed by atoms with E-state index < -0.39 is 0 Å². The first-order valence-electron chi connectivity index (χ1n) is 10.0. The van der Waals surface area contributed by atoms with Crippen LogP contribution in [0.15, 0.2) is 40.9 Å². The maximum Gasteiger partial charge on any atom is 0.260 e. The number of carbonyl (C=O) groups is 3. The number of rotatable bonds is 8. The lowest BCUT2D eigenvalue weighted by Crippen LogP contribution is -2.34. The van der Waals surface area contributed by atoms with Gasteiger partial charge in [0.2, 0.25) is 0 Å². The minimum Gasteiger partial charge on any atom is -0.493 e. The van der Waals surface area contributed by atoms with Crippen LogP contribution in [-0.4, -0.2) is 74.9 Å². The lowest BCUT2D eigenvalue weighted by Gasteiger charge is -2.19. The first kappa shape index (κ1) is 23.6. The Labute approximate surface area is 195 Å². The molecule has 9 heteroatoms. The molecule has 32 heavy (non-hydrogen) atoms. The zero-order valence-corrected chi connectivity index (χ0v) is 19.8. The third-order valence-electron chi connectivity index (χ3n) is 5.02. The van der Waals surface area contributed by atoms with Gasteiger partial charge < -0.3 is 24.0 Å². The van der Waals surface area contributed by atoms with Crippen LogP contribution < -0.4 is 14.2 Å². The van der Waals surface area contributed by atoms with Gasteiger partial charge in [-0.25, -0.2) is 0 Å². The normalized spacial score (nSPS) is 15.2. The van der Waals surface area contributed by atoms with Gasteiger partial charge in [0.25, 0.3) is 11.8 Å². The molecule has 0 radical (unpaired) electrons. The highest BCUT2D eigenvalue weighted by atomic mass is 79.9. The molecular weight excluding hydrogens is 480 g/mol. The molecule has 1 unspecified atom stereocenters. The van der Waals surface area contributed by atoms with Gasteiger partial charge in [0.1, 0.15) is 11.9 Å². The summed E-state index contributed by atoms with van der Waals surface area (Å²) in [5.41, 5.74) is 0.833. The third-order valence-corrected chi connectivity index (χ3v) is 5.48. The SMILES string of the molecule is COc1cc(Br)cc(C=O)c1OCC(=O)N1CCC(Oc2cccc(C(=O)N(C)C)c2)C1. The second kappa shape index (κ2) is 10.5. The Morgan fingerprint density at radius 3 is 2.72 bits per heavy atom. The Morgan fingerprint density at radius 1 is 1.25 bits per heavy atom. The molecule has 8 nitrogen and oxygen atoms in total. The molecule has 1 aliphatic rings. The van der Waals surface area contributed by atoms with Crippen LogP contribution in [0, 0.1) is 0 Å². The van der Waals surface area contributed by atoms with Crippen LogP contribution >= 0.6 is 15.9 Å². The summed E-state index contributed by atoms with van der Waals surface area (Å²) in [6.07, 6.45) is 1.14. The van der Waals surface area contributed by atoms with Gasteiger partial charge in [0.15, 0.2) is 24.4 Å². The van der Waals surface area contributed by atoms with Crippen molar-refractivity contribution < 1.29 is 28.6 Å². The molecule has 1 heterocycles. The number of halogens is 1. The number of likely N-dealkylation sites (tertiary alicyclic amines) is 1. The lowest BCUT2D eigenvalue weighted by molar-refractivity contribution is -0.132. The van der Waals surface area contributed by atoms with Gasteiger partial charge in [-0.05, 0) is 30.3 Å². The van der Waals surface area contributed by atoms with Crippen LogP contribution in [0.25, 0.3) is 0 Å². The molecule has 0 spiro atoms. The summed E-state index contributed by atoms with van der Waals surface area (Å²) < 4.78 is 17.6. The van der Waals surface area contributed by atoms with Crippen LogP contribution in [0.5, 0.6) is 17.2 Å². The van der Waals surface area contributed by atoms with Crippen molar-refractivity contribution in [3.05, 3.63) is 52.0 Å². The van der Waals surface area contributed by atoms with Crippen LogP contribution in [0.1, 0.15) is 27.1 Å². The lowest BCUT2D eigenvalue weighted by atomic mass is 10.2. The van der Waals surface area contributed by atoms with Gasteiger partial charge in [-0.15, -0.1) is 0 Å². The molecule has 1 atom stereocenters. The number of ether oxygens (including phenoxy) is 3. The van der Waals surface area contributed by atoms with E-state index in [0.717, 1.165) is 0 Å². The fourth-order valence-electron chi connectivity index (χ4n) is 3.41. The zero-order chi connectivity index (χ0) is 23.3. The van der Waals surface area contributed by atoms with E-state index in [-0.39, 0.29) is 30.3 Å². The number of aldehydes is 1. The number of nitrogens with zero attached hydrogens (tertiary/aromatic N) is 2. The Kier molecular flexibility index (Phi) is 7.74. The Morgan fingerprint density at radius 2 is 2.03 bits per heavy atom. The second-order valence-electron chi connectivity index (χ2n) is 7.53. The van der Waals surface area contributed by atoms with E-state index in [9.17, 15) is 14.4 Å². The number of carbonyl (C=O) groups excluding carboxylic acids is 3. The first-order chi connectivity index (χ1) is 15.3. The molecule has 2 aromatic carbocycles. The average molecular weight is 505 g/mol. The summed E-state index contributed by atoms with van der Waals surface area (Å²) in [7, 11) is 4.86. The van der Waals surface area contributed by atoms with Crippen molar-refractivity contribution in [3.8, 4) is 17.2 Å². The Hall–Kier alpha value is -3.07. The summed E-state index contributed by atoms with van der Waals surface area (Å²) in [6.45, 7) is 0.714. The molecule has 0 N–H and O–H groups in total. The van der Waals surface area contributed by atoms with Crippen molar-refractivity contribution in [2.75, 3.05) is 40.9 Å². The molecule has 3 rings (SSSR count). The van der Waals surface area contributed by atoms with Crippen LogP contribution in [0.2, 0.25) is 0 Å². The summed E-state index contributed by atoms with van der Waals surface area (Å²) >= 11 is 3.31. The molecule has 170 valence electrons. The maximum absolute atomic E-state index is 12.7. The van der Waals surface area contributed by atoms with E-state index in [1.54, 1.807) is 55.4 Å². The molecule has 0 aliphatic carbocycles. The standard InChI is InChI=1S/C23H25BrN2O6/c1-25(2)23(29)15-5-4-6-18(10-15)32-19-7-8-26(12-19)21(28)14-31-22-16(13-27)9-17(24)11-20(22)30-3/h4-6,9-11,13,19H,7-8,12,14H2,1-3H3. The van der Waals surface area contributed by atoms with Crippen molar-refractivity contribution in [1.29, 1.82) is 0 Å². The Balaban J connectivity index is 1.58. The van der Waals surface area contributed by atoms with Crippen molar-refractivity contribution in [2.45, 2.75) is 12.5 Å². The summed E-state index contributed by atoms with van der Waals surface area (Å²) in [4.78, 5) is 39.3. The third kappa shape index (κ3) is 5.59. The van der Waals surface area contributed by atoms with Gasteiger partial charge in [0.05, 0.1) is 19.2 Å². The van der Waals surface area contributed by atoms with Crippen molar-refractivity contribution in [2.24, 2.45) is 0 Å². The van der Waals surface area contributed by atoms with Gasteiger partial charge in [0, 0.05) is 37.1 Å². The van der Waals surface area contributed by atoms with Crippen molar-refractivity contribution >= 4 is 34.0 Å². The fraction of sp³-hybridized carbons (Fsp3) is 0.348. The van der Waals surface area contributed by atoms with E-state index >= 15 is 0 Å². The quantitative estimate of drug-likeness (QED) is 0.513. The second-order valence-corrected chi connectivity index (χ2v) is 8.44. The molecule has 0 bridgehead atoms. The number of hydrogen-bond acceptors (Lipinski definition) is 6. The highest BCUT2D eigenvalue weighted by Crippen LogP contribution is 2.34.